The zero-order chi connectivity index (χ0) is 21.8. The quantitative estimate of drug-likeness (QED) is 0.350. The van der Waals surface area contributed by atoms with Crippen LogP contribution in [0.4, 0.5) is 0 Å². The summed E-state index contributed by atoms with van der Waals surface area (Å²) in [6, 6.07) is 35.4. The van der Waals surface area contributed by atoms with Gasteiger partial charge in [-0.1, -0.05) is 91.0 Å². The Bertz CT molecular complexity index is 1150. The number of nitrogens with zero attached hydrogens (tertiary/aromatic N) is 2. The lowest BCUT2D eigenvalue weighted by atomic mass is 10.1. The largest absolute Gasteiger partial charge is 0.345 e. The number of benzene rings is 3. The molecule has 0 spiro atoms. The Morgan fingerprint density at radius 3 is 2.06 bits per heavy atom. The summed E-state index contributed by atoms with van der Waals surface area (Å²) in [6.45, 7) is 2.06. The first-order valence-corrected chi connectivity index (χ1v) is 11.3. The monoisotopic (exact) mass is 420 g/mol. The van der Waals surface area contributed by atoms with Crippen LogP contribution in [-0.4, -0.2) is 15.4 Å². The fourth-order valence-corrected chi connectivity index (χ4v) is 4.51. The van der Waals surface area contributed by atoms with Crippen LogP contribution in [0.25, 0.3) is 0 Å². The van der Waals surface area contributed by atoms with Gasteiger partial charge in [-0.2, -0.15) is 0 Å². The SMILES string of the molecule is O=C([C@@H]1C[C@@H]1c1ccccc1)N(Cc1ccccc1)Cc1cccn1Cc1ccccc1. The van der Waals surface area contributed by atoms with Gasteiger partial charge in [-0.05, 0) is 41.2 Å². The van der Waals surface area contributed by atoms with E-state index in [4.69, 9.17) is 0 Å². The summed E-state index contributed by atoms with van der Waals surface area (Å²) in [5.41, 5.74) is 4.86. The predicted molar refractivity (Wildman–Crippen MR) is 128 cm³/mol. The van der Waals surface area contributed by atoms with E-state index in [1.54, 1.807) is 0 Å². The van der Waals surface area contributed by atoms with Crippen LogP contribution in [0, 0.1) is 5.92 Å². The standard InChI is InChI=1S/C29H28N2O/c32-29(28-19-27(28)25-15-8-3-9-16-25)31(21-24-13-6-2-7-14-24)22-26-17-10-18-30(26)20-23-11-4-1-5-12-23/h1-18,27-28H,19-22H2/t27-,28-/m1/s1. The topological polar surface area (TPSA) is 25.2 Å². The van der Waals surface area contributed by atoms with E-state index in [0.29, 0.717) is 19.0 Å². The van der Waals surface area contributed by atoms with Gasteiger partial charge in [-0.3, -0.25) is 4.79 Å². The van der Waals surface area contributed by atoms with Crippen molar-refractivity contribution in [2.24, 2.45) is 5.92 Å². The maximum atomic E-state index is 13.6. The maximum Gasteiger partial charge on any atom is 0.226 e. The van der Waals surface area contributed by atoms with Gasteiger partial charge in [0.15, 0.2) is 0 Å². The number of aromatic nitrogens is 1. The van der Waals surface area contributed by atoms with Crippen molar-refractivity contribution in [3.63, 3.8) is 0 Å². The van der Waals surface area contributed by atoms with Crippen molar-refractivity contribution in [3.05, 3.63) is 132 Å². The molecule has 3 nitrogen and oxygen atoms in total. The first kappa shape index (κ1) is 20.3. The highest BCUT2D eigenvalue weighted by Gasteiger charge is 2.45. The van der Waals surface area contributed by atoms with Crippen LogP contribution in [0.15, 0.2) is 109 Å². The molecule has 0 aliphatic heterocycles. The van der Waals surface area contributed by atoms with Crippen molar-refractivity contribution in [1.82, 2.24) is 9.47 Å². The van der Waals surface area contributed by atoms with Crippen molar-refractivity contribution >= 4 is 5.91 Å². The smallest absolute Gasteiger partial charge is 0.226 e. The maximum absolute atomic E-state index is 13.6. The first-order chi connectivity index (χ1) is 15.8. The molecule has 0 saturated heterocycles. The Kier molecular flexibility index (Phi) is 5.89. The fraction of sp³-hybridized carbons (Fsp3) is 0.207. The second kappa shape index (κ2) is 9.27. The molecule has 0 unspecified atom stereocenters. The summed E-state index contributed by atoms with van der Waals surface area (Å²) in [7, 11) is 0. The summed E-state index contributed by atoms with van der Waals surface area (Å²) < 4.78 is 2.25. The van der Waals surface area contributed by atoms with Crippen LogP contribution in [0.2, 0.25) is 0 Å². The number of carbonyl (C=O) groups is 1. The Morgan fingerprint density at radius 1 is 0.750 bits per heavy atom. The third kappa shape index (κ3) is 4.67. The number of rotatable bonds is 8. The molecule has 1 aliphatic carbocycles. The molecule has 3 heteroatoms. The minimum absolute atomic E-state index is 0.0821. The second-order valence-electron chi connectivity index (χ2n) is 8.65. The van der Waals surface area contributed by atoms with Crippen molar-refractivity contribution < 1.29 is 4.79 Å². The molecule has 160 valence electrons. The van der Waals surface area contributed by atoms with Crippen molar-refractivity contribution in [2.75, 3.05) is 0 Å². The molecule has 0 bridgehead atoms. The summed E-state index contributed by atoms with van der Waals surface area (Å²) in [5, 5.41) is 0. The number of hydrogen-bond acceptors (Lipinski definition) is 1. The van der Waals surface area contributed by atoms with Crippen LogP contribution in [0.1, 0.15) is 34.7 Å². The van der Waals surface area contributed by atoms with Crippen molar-refractivity contribution in [1.29, 1.82) is 0 Å². The number of hydrogen-bond donors (Lipinski definition) is 0. The van der Waals surface area contributed by atoms with Crippen molar-refractivity contribution in [2.45, 2.75) is 32.0 Å². The summed E-state index contributed by atoms with van der Waals surface area (Å²) >= 11 is 0. The second-order valence-corrected chi connectivity index (χ2v) is 8.65. The first-order valence-electron chi connectivity index (χ1n) is 11.3. The highest BCUT2D eigenvalue weighted by atomic mass is 16.2. The third-order valence-electron chi connectivity index (χ3n) is 6.34. The minimum atomic E-state index is 0.0821. The van der Waals surface area contributed by atoms with Gasteiger partial charge >= 0.3 is 0 Å². The molecular weight excluding hydrogens is 392 g/mol. The Morgan fingerprint density at radius 2 is 1.38 bits per heavy atom. The van der Waals surface area contributed by atoms with Crippen LogP contribution < -0.4 is 0 Å². The van der Waals surface area contributed by atoms with E-state index in [9.17, 15) is 4.79 Å². The zero-order valence-electron chi connectivity index (χ0n) is 18.2. The predicted octanol–water partition coefficient (Wildman–Crippen LogP) is 5.87. The van der Waals surface area contributed by atoms with Gasteiger partial charge in [0.25, 0.3) is 0 Å². The van der Waals surface area contributed by atoms with Gasteiger partial charge in [0.2, 0.25) is 5.91 Å². The van der Waals surface area contributed by atoms with Gasteiger partial charge in [-0.15, -0.1) is 0 Å². The van der Waals surface area contributed by atoms with Gasteiger partial charge in [-0.25, -0.2) is 0 Å². The molecule has 1 aromatic heterocycles. The molecule has 1 fully saturated rings. The highest BCUT2D eigenvalue weighted by molar-refractivity contribution is 5.83. The molecule has 0 radical (unpaired) electrons. The lowest BCUT2D eigenvalue weighted by Crippen LogP contribution is -2.32. The summed E-state index contributed by atoms with van der Waals surface area (Å²) in [5.74, 6) is 0.687. The normalized spacial score (nSPS) is 17.1. The van der Waals surface area contributed by atoms with Crippen LogP contribution in [0.5, 0.6) is 0 Å². The van der Waals surface area contributed by atoms with E-state index in [-0.39, 0.29) is 11.8 Å². The Labute approximate surface area is 189 Å². The molecule has 5 rings (SSSR count). The summed E-state index contributed by atoms with van der Waals surface area (Å²) in [6.07, 6.45) is 3.05. The van der Waals surface area contributed by atoms with Crippen molar-refractivity contribution in [3.8, 4) is 0 Å². The number of carbonyl (C=O) groups excluding carboxylic acids is 1. The molecule has 4 aromatic rings. The lowest BCUT2D eigenvalue weighted by Gasteiger charge is -2.24. The van der Waals surface area contributed by atoms with Crippen LogP contribution in [-0.2, 0) is 24.4 Å². The van der Waals surface area contributed by atoms with E-state index in [0.717, 1.165) is 18.7 Å². The molecular formula is C29H28N2O. The molecule has 1 aliphatic rings. The van der Waals surface area contributed by atoms with E-state index in [2.05, 4.69) is 83.6 Å². The zero-order valence-corrected chi connectivity index (χ0v) is 18.2. The highest BCUT2D eigenvalue weighted by Crippen LogP contribution is 2.48. The molecule has 0 N–H and O–H groups in total. The fourth-order valence-electron chi connectivity index (χ4n) is 4.51. The molecule has 2 atom stereocenters. The van der Waals surface area contributed by atoms with E-state index >= 15 is 0 Å². The molecule has 1 amide bonds. The molecule has 3 aromatic carbocycles. The van der Waals surface area contributed by atoms with Gasteiger partial charge in [0.1, 0.15) is 0 Å². The van der Waals surface area contributed by atoms with Gasteiger partial charge in [0, 0.05) is 30.9 Å². The van der Waals surface area contributed by atoms with Crippen LogP contribution >= 0.6 is 0 Å². The Hall–Kier alpha value is -3.59. The van der Waals surface area contributed by atoms with Crippen LogP contribution in [0.3, 0.4) is 0 Å². The average molecular weight is 421 g/mol. The van der Waals surface area contributed by atoms with E-state index in [1.807, 2.05) is 35.2 Å². The minimum Gasteiger partial charge on any atom is -0.345 e. The molecule has 1 saturated carbocycles. The van der Waals surface area contributed by atoms with Gasteiger partial charge < -0.3 is 9.47 Å². The molecule has 32 heavy (non-hydrogen) atoms. The van der Waals surface area contributed by atoms with E-state index in [1.165, 1.54) is 16.7 Å². The number of amides is 1. The molecule has 1 heterocycles. The average Bonchev–Trinajstić information content (AvgIpc) is 3.54. The lowest BCUT2D eigenvalue weighted by molar-refractivity contribution is -0.134. The summed E-state index contributed by atoms with van der Waals surface area (Å²) in [4.78, 5) is 15.6. The van der Waals surface area contributed by atoms with Gasteiger partial charge in [0.05, 0.1) is 6.54 Å². The van der Waals surface area contributed by atoms with E-state index < -0.39 is 0 Å². The Balaban J connectivity index is 1.35. The third-order valence-corrected chi connectivity index (χ3v) is 6.34.